The Hall–Kier alpha value is -1.83. The zero-order chi connectivity index (χ0) is 11.5. The van der Waals surface area contributed by atoms with Crippen LogP contribution in [0.5, 0.6) is 0 Å². The molecular weight excluding hydrogens is 222 g/mol. The summed E-state index contributed by atoms with van der Waals surface area (Å²) in [5.74, 6) is -0.833. The fourth-order valence-corrected chi connectivity index (χ4v) is 1.73. The quantitative estimate of drug-likeness (QED) is 0.566. The van der Waals surface area contributed by atoms with Crippen LogP contribution in [0, 0.1) is 0 Å². The van der Waals surface area contributed by atoms with E-state index in [0.717, 1.165) is 12.3 Å². The minimum atomic E-state index is -3.41. The van der Waals surface area contributed by atoms with Gasteiger partial charge in [-0.05, 0) is 0 Å². The van der Waals surface area contributed by atoms with Gasteiger partial charge in [0.05, 0.1) is 10.6 Å². The lowest BCUT2D eigenvalue weighted by molar-refractivity contribution is -0.134. The highest BCUT2D eigenvalue weighted by Gasteiger charge is 2.09. The van der Waals surface area contributed by atoms with Gasteiger partial charge < -0.3 is 5.11 Å². The molecular formula is C7H7N3O4S. The van der Waals surface area contributed by atoms with Crippen LogP contribution < -0.4 is 10.7 Å². The molecule has 0 aliphatic carbocycles. The SMILES string of the molecule is CC(=O)O.O=S1(=O)C=c2cncnc2=N1. The first-order valence-corrected chi connectivity index (χ1v) is 5.23. The van der Waals surface area contributed by atoms with Gasteiger partial charge in [-0.15, -0.1) is 4.40 Å². The van der Waals surface area contributed by atoms with Gasteiger partial charge in [0, 0.05) is 13.1 Å². The van der Waals surface area contributed by atoms with E-state index < -0.39 is 16.0 Å². The molecule has 0 atom stereocenters. The van der Waals surface area contributed by atoms with Gasteiger partial charge in [-0.2, -0.15) is 8.42 Å². The average Bonchev–Trinajstić information content (AvgIpc) is 2.36. The number of nitrogens with zero attached hydrogens (tertiary/aromatic N) is 3. The molecule has 1 aliphatic heterocycles. The number of aliphatic carboxylic acids is 1. The summed E-state index contributed by atoms with van der Waals surface area (Å²) in [7, 11) is -3.41. The van der Waals surface area contributed by atoms with Crippen LogP contribution in [0.3, 0.4) is 0 Å². The Bertz CT molecular complexity index is 548. The number of fused-ring (bicyclic) bond motifs is 1. The third kappa shape index (κ3) is 3.43. The Morgan fingerprint density at radius 1 is 1.47 bits per heavy atom. The molecule has 0 amide bonds. The number of hydrogen-bond acceptors (Lipinski definition) is 5. The van der Waals surface area contributed by atoms with Crippen LogP contribution in [0.4, 0.5) is 0 Å². The highest BCUT2D eigenvalue weighted by molar-refractivity contribution is 7.97. The maximum atomic E-state index is 10.8. The van der Waals surface area contributed by atoms with Crippen molar-refractivity contribution in [1.29, 1.82) is 0 Å². The summed E-state index contributed by atoms with van der Waals surface area (Å²) in [5, 5.41) is 8.91. The molecule has 0 unspecified atom stereocenters. The number of sulfonamides is 1. The molecule has 8 heteroatoms. The lowest BCUT2D eigenvalue weighted by Gasteiger charge is -1.76. The number of hydrogen-bond donors (Lipinski definition) is 1. The van der Waals surface area contributed by atoms with Crippen molar-refractivity contribution in [1.82, 2.24) is 9.97 Å². The normalized spacial score (nSPS) is 15.0. The zero-order valence-corrected chi connectivity index (χ0v) is 8.47. The van der Waals surface area contributed by atoms with E-state index in [0.29, 0.717) is 5.22 Å². The van der Waals surface area contributed by atoms with Gasteiger partial charge >= 0.3 is 0 Å². The third-order valence-electron chi connectivity index (χ3n) is 1.21. The van der Waals surface area contributed by atoms with Gasteiger partial charge in [0.2, 0.25) is 0 Å². The van der Waals surface area contributed by atoms with Crippen LogP contribution in [-0.4, -0.2) is 29.5 Å². The molecule has 0 fully saturated rings. The van der Waals surface area contributed by atoms with Crippen molar-refractivity contribution in [3.8, 4) is 0 Å². The van der Waals surface area contributed by atoms with E-state index in [1.165, 1.54) is 12.5 Å². The summed E-state index contributed by atoms with van der Waals surface area (Å²) < 4.78 is 24.9. The molecule has 0 saturated heterocycles. The van der Waals surface area contributed by atoms with Gasteiger partial charge in [-0.3, -0.25) is 4.79 Å². The van der Waals surface area contributed by atoms with Gasteiger partial charge in [0.25, 0.3) is 16.0 Å². The Morgan fingerprint density at radius 2 is 2.07 bits per heavy atom. The molecule has 2 heterocycles. The van der Waals surface area contributed by atoms with Crippen LogP contribution in [0.1, 0.15) is 6.92 Å². The Kier molecular flexibility index (Phi) is 3.10. The zero-order valence-electron chi connectivity index (χ0n) is 7.65. The number of carbonyl (C=O) groups is 1. The van der Waals surface area contributed by atoms with Crippen molar-refractivity contribution in [3.63, 3.8) is 0 Å². The molecule has 2 rings (SSSR count). The molecule has 0 spiro atoms. The van der Waals surface area contributed by atoms with Crippen molar-refractivity contribution in [2.45, 2.75) is 6.92 Å². The molecule has 1 N–H and O–H groups in total. The molecule has 0 saturated carbocycles. The van der Waals surface area contributed by atoms with Crippen LogP contribution in [-0.2, 0) is 14.8 Å². The lowest BCUT2D eigenvalue weighted by Crippen LogP contribution is -2.24. The molecule has 0 aromatic carbocycles. The van der Waals surface area contributed by atoms with E-state index in [2.05, 4.69) is 14.4 Å². The summed E-state index contributed by atoms with van der Waals surface area (Å²) in [5.41, 5.74) is 0.222. The Labute approximate surface area is 84.9 Å². The van der Waals surface area contributed by atoms with Gasteiger partial charge in [0.1, 0.15) is 6.33 Å². The lowest BCUT2D eigenvalue weighted by atomic mass is 10.5. The van der Waals surface area contributed by atoms with Crippen molar-refractivity contribution >= 4 is 21.4 Å². The molecule has 15 heavy (non-hydrogen) atoms. The van der Waals surface area contributed by atoms with Gasteiger partial charge in [-0.25, -0.2) is 9.97 Å². The highest BCUT2D eigenvalue weighted by atomic mass is 32.2. The van der Waals surface area contributed by atoms with E-state index >= 15 is 0 Å². The summed E-state index contributed by atoms with van der Waals surface area (Å²) in [6.07, 6.45) is 2.67. The van der Waals surface area contributed by atoms with Crippen LogP contribution >= 0.6 is 0 Å². The number of carboxylic acids is 1. The van der Waals surface area contributed by atoms with Crippen molar-refractivity contribution in [2.24, 2.45) is 4.40 Å². The monoisotopic (exact) mass is 229 g/mol. The molecule has 1 aromatic heterocycles. The first-order chi connectivity index (χ1) is 6.91. The fourth-order valence-electron chi connectivity index (χ4n) is 0.801. The second-order valence-electron chi connectivity index (χ2n) is 2.54. The summed E-state index contributed by atoms with van der Waals surface area (Å²) in [4.78, 5) is 16.3. The first kappa shape index (κ1) is 11.2. The molecule has 1 aliphatic rings. The van der Waals surface area contributed by atoms with Crippen LogP contribution in [0.2, 0.25) is 0 Å². The molecule has 0 bridgehead atoms. The number of rotatable bonds is 0. The first-order valence-electron chi connectivity index (χ1n) is 3.73. The maximum absolute atomic E-state index is 10.8. The van der Waals surface area contributed by atoms with E-state index in [9.17, 15) is 8.42 Å². The average molecular weight is 229 g/mol. The number of aromatic nitrogens is 2. The van der Waals surface area contributed by atoms with Gasteiger partial charge in [0.15, 0.2) is 5.49 Å². The smallest absolute Gasteiger partial charge is 0.300 e. The van der Waals surface area contributed by atoms with Crippen LogP contribution in [0.25, 0.3) is 5.41 Å². The van der Waals surface area contributed by atoms with E-state index in [1.807, 2.05) is 0 Å². The van der Waals surface area contributed by atoms with E-state index in [4.69, 9.17) is 9.90 Å². The second-order valence-corrected chi connectivity index (χ2v) is 3.99. The van der Waals surface area contributed by atoms with Crippen molar-refractivity contribution in [2.75, 3.05) is 0 Å². The third-order valence-corrected chi connectivity index (χ3v) is 2.19. The summed E-state index contributed by atoms with van der Waals surface area (Å²) in [6, 6.07) is 0. The largest absolute Gasteiger partial charge is 0.481 e. The molecule has 0 radical (unpaired) electrons. The predicted molar refractivity (Wildman–Crippen MR) is 49.5 cm³/mol. The predicted octanol–water partition coefficient (Wildman–Crippen LogP) is -1.73. The van der Waals surface area contributed by atoms with Gasteiger partial charge in [-0.1, -0.05) is 0 Å². The fraction of sp³-hybridized carbons (Fsp3) is 0.143. The number of carboxylic acid groups (broad SMARTS) is 1. The topological polar surface area (TPSA) is 110 Å². The van der Waals surface area contributed by atoms with Crippen molar-refractivity contribution < 1.29 is 18.3 Å². The Balaban J connectivity index is 0.000000245. The summed E-state index contributed by atoms with van der Waals surface area (Å²) in [6.45, 7) is 1.08. The second kappa shape index (κ2) is 4.13. The molecule has 80 valence electrons. The Morgan fingerprint density at radius 3 is 2.60 bits per heavy atom. The van der Waals surface area contributed by atoms with Crippen molar-refractivity contribution in [3.05, 3.63) is 23.2 Å². The standard InChI is InChI=1S/C5H3N3O2S.C2H4O2/c9-11(10)2-4-1-6-3-7-5(4)8-11;1-2(3)4/h1-3H;1H3,(H,3,4). The molecule has 7 nitrogen and oxygen atoms in total. The molecule has 1 aromatic rings. The maximum Gasteiger partial charge on any atom is 0.300 e. The summed E-state index contributed by atoms with van der Waals surface area (Å²) >= 11 is 0. The minimum absolute atomic E-state index is 0.222. The highest BCUT2D eigenvalue weighted by Crippen LogP contribution is 1.93. The minimum Gasteiger partial charge on any atom is -0.481 e. The van der Waals surface area contributed by atoms with E-state index in [1.54, 1.807) is 0 Å². The van der Waals surface area contributed by atoms with Crippen LogP contribution in [0.15, 0.2) is 16.9 Å². The van der Waals surface area contributed by atoms with E-state index in [-0.39, 0.29) is 5.49 Å².